The van der Waals surface area contributed by atoms with Crippen LogP contribution in [0.2, 0.25) is 0 Å². The van der Waals surface area contributed by atoms with Gasteiger partial charge in [0.2, 0.25) is 0 Å². The van der Waals surface area contributed by atoms with Crippen LogP contribution < -0.4 is 5.73 Å². The molecule has 1 aliphatic rings. The van der Waals surface area contributed by atoms with Gasteiger partial charge in [-0.05, 0) is 30.4 Å². The number of nitrogen functional groups attached to an aromatic ring is 1. The Kier molecular flexibility index (Phi) is 3.61. The van der Waals surface area contributed by atoms with E-state index >= 15 is 0 Å². The number of aromatic carboxylic acids is 1. The first-order chi connectivity index (χ1) is 8.18. The van der Waals surface area contributed by atoms with Crippen molar-refractivity contribution < 1.29 is 9.90 Å². The first-order valence-corrected chi connectivity index (χ1v) is 6.17. The third-order valence-electron chi connectivity index (χ3n) is 3.44. The Hall–Kier alpha value is -1.58. The molecule has 92 valence electrons. The van der Waals surface area contributed by atoms with Crippen LogP contribution in [0.5, 0.6) is 0 Å². The molecule has 0 atom stereocenters. The van der Waals surface area contributed by atoms with Gasteiger partial charge in [-0.1, -0.05) is 25.7 Å². The van der Waals surface area contributed by atoms with E-state index in [9.17, 15) is 4.79 Å². The van der Waals surface area contributed by atoms with E-state index in [1.54, 1.807) is 6.07 Å². The molecule has 4 nitrogen and oxygen atoms in total. The predicted octanol–water partition coefficient (Wildman–Crippen LogP) is 2.80. The fourth-order valence-electron chi connectivity index (χ4n) is 2.58. The van der Waals surface area contributed by atoms with Crippen LogP contribution in [0.1, 0.15) is 60.5 Å². The number of carboxylic acid groups (broad SMARTS) is 1. The number of rotatable bonds is 2. The molecular weight excluding hydrogens is 216 g/mol. The number of aromatic nitrogens is 1. The van der Waals surface area contributed by atoms with Gasteiger partial charge in [0.1, 0.15) is 0 Å². The molecule has 4 heteroatoms. The Morgan fingerprint density at radius 3 is 2.53 bits per heavy atom. The van der Waals surface area contributed by atoms with Crippen LogP contribution in [-0.2, 0) is 0 Å². The van der Waals surface area contributed by atoms with Crippen molar-refractivity contribution in [3.63, 3.8) is 0 Å². The van der Waals surface area contributed by atoms with Crippen LogP contribution in [-0.4, -0.2) is 16.1 Å². The van der Waals surface area contributed by atoms with Crippen molar-refractivity contribution in [2.24, 2.45) is 0 Å². The highest BCUT2D eigenvalue weighted by Crippen LogP contribution is 2.33. The lowest BCUT2D eigenvalue weighted by Crippen LogP contribution is -2.10. The summed E-state index contributed by atoms with van der Waals surface area (Å²) in [5, 5.41) is 9.15. The molecule has 0 bridgehead atoms. The molecule has 2 rings (SSSR count). The first kappa shape index (κ1) is 11.9. The van der Waals surface area contributed by atoms with Gasteiger partial charge >= 0.3 is 5.97 Å². The average molecular weight is 234 g/mol. The van der Waals surface area contributed by atoms with E-state index < -0.39 is 5.97 Å². The van der Waals surface area contributed by atoms with Gasteiger partial charge in [-0.15, -0.1) is 0 Å². The molecule has 1 aliphatic carbocycles. The van der Waals surface area contributed by atoms with Gasteiger partial charge in [0.25, 0.3) is 0 Å². The van der Waals surface area contributed by atoms with Crippen molar-refractivity contribution in [3.05, 3.63) is 23.5 Å². The van der Waals surface area contributed by atoms with Gasteiger partial charge in [0.15, 0.2) is 5.69 Å². The highest BCUT2D eigenvalue weighted by Gasteiger charge is 2.21. The van der Waals surface area contributed by atoms with Gasteiger partial charge in [-0.25, -0.2) is 9.78 Å². The molecule has 0 spiro atoms. The fraction of sp³-hybridized carbons (Fsp3) is 0.538. The van der Waals surface area contributed by atoms with E-state index in [1.807, 2.05) is 0 Å². The fourth-order valence-corrected chi connectivity index (χ4v) is 2.58. The second-order valence-corrected chi connectivity index (χ2v) is 4.70. The lowest BCUT2D eigenvalue weighted by Gasteiger charge is -2.16. The summed E-state index contributed by atoms with van der Waals surface area (Å²) in [6.07, 6.45) is 8.33. The Morgan fingerprint density at radius 2 is 1.94 bits per heavy atom. The molecule has 1 fully saturated rings. The van der Waals surface area contributed by atoms with Crippen LogP contribution in [0, 0.1) is 0 Å². The largest absolute Gasteiger partial charge is 0.477 e. The topological polar surface area (TPSA) is 76.2 Å². The van der Waals surface area contributed by atoms with Crippen molar-refractivity contribution in [1.29, 1.82) is 0 Å². The zero-order valence-corrected chi connectivity index (χ0v) is 9.85. The number of pyridine rings is 1. The van der Waals surface area contributed by atoms with E-state index in [2.05, 4.69) is 4.98 Å². The summed E-state index contributed by atoms with van der Waals surface area (Å²) < 4.78 is 0. The molecule has 0 aromatic carbocycles. The average Bonchev–Trinajstić information content (AvgIpc) is 2.56. The van der Waals surface area contributed by atoms with Crippen molar-refractivity contribution in [3.8, 4) is 0 Å². The molecule has 1 aromatic rings. The minimum atomic E-state index is -0.954. The molecule has 1 aromatic heterocycles. The van der Waals surface area contributed by atoms with Crippen LogP contribution in [0.15, 0.2) is 12.3 Å². The maximum Gasteiger partial charge on any atom is 0.354 e. The van der Waals surface area contributed by atoms with Gasteiger partial charge < -0.3 is 10.8 Å². The first-order valence-electron chi connectivity index (χ1n) is 6.17. The summed E-state index contributed by atoms with van der Waals surface area (Å²) in [5.74, 6) is -0.649. The number of anilines is 1. The second kappa shape index (κ2) is 5.17. The van der Waals surface area contributed by atoms with Crippen LogP contribution in [0.3, 0.4) is 0 Å². The van der Waals surface area contributed by atoms with Crippen molar-refractivity contribution in [1.82, 2.24) is 4.98 Å². The zero-order valence-electron chi connectivity index (χ0n) is 9.85. The van der Waals surface area contributed by atoms with Crippen LogP contribution in [0.25, 0.3) is 0 Å². The standard InChI is InChI=1S/C13H18N2O2/c14-10-7-11(12(13(16)17)15-8-10)9-5-3-1-2-4-6-9/h7-9H,1-6,14H2,(H,16,17). The Bertz CT molecular complexity index is 410. The lowest BCUT2D eigenvalue weighted by atomic mass is 9.90. The van der Waals surface area contributed by atoms with E-state index in [0.717, 1.165) is 18.4 Å². The molecule has 0 radical (unpaired) electrons. The summed E-state index contributed by atoms with van der Waals surface area (Å²) >= 11 is 0. The van der Waals surface area contributed by atoms with Gasteiger partial charge in [-0.2, -0.15) is 0 Å². The molecule has 0 unspecified atom stereocenters. The third-order valence-corrected chi connectivity index (χ3v) is 3.44. The number of hydrogen-bond donors (Lipinski definition) is 2. The van der Waals surface area contributed by atoms with Gasteiger partial charge in [0.05, 0.1) is 11.9 Å². The van der Waals surface area contributed by atoms with Crippen molar-refractivity contribution in [2.45, 2.75) is 44.4 Å². The Balaban J connectivity index is 2.34. The van der Waals surface area contributed by atoms with Gasteiger partial charge in [-0.3, -0.25) is 0 Å². The summed E-state index contributed by atoms with van der Waals surface area (Å²) in [5.41, 5.74) is 7.26. The smallest absolute Gasteiger partial charge is 0.354 e. The monoisotopic (exact) mass is 234 g/mol. The van der Waals surface area contributed by atoms with E-state index in [1.165, 1.54) is 31.9 Å². The molecule has 17 heavy (non-hydrogen) atoms. The zero-order chi connectivity index (χ0) is 12.3. The molecule has 0 saturated heterocycles. The van der Waals surface area contributed by atoms with E-state index in [4.69, 9.17) is 10.8 Å². The summed E-state index contributed by atoms with van der Waals surface area (Å²) in [6, 6.07) is 1.78. The summed E-state index contributed by atoms with van der Waals surface area (Å²) in [6.45, 7) is 0. The SMILES string of the molecule is Nc1cnc(C(=O)O)c(C2CCCCCC2)c1. The van der Waals surface area contributed by atoms with Gasteiger partial charge in [0, 0.05) is 0 Å². The lowest BCUT2D eigenvalue weighted by molar-refractivity contribution is 0.0688. The number of hydrogen-bond acceptors (Lipinski definition) is 3. The quantitative estimate of drug-likeness (QED) is 0.771. The van der Waals surface area contributed by atoms with E-state index in [-0.39, 0.29) is 5.69 Å². The number of nitrogens with two attached hydrogens (primary N) is 1. The number of carboxylic acids is 1. The second-order valence-electron chi connectivity index (χ2n) is 4.70. The highest BCUT2D eigenvalue weighted by atomic mass is 16.4. The molecule has 3 N–H and O–H groups in total. The third kappa shape index (κ3) is 2.75. The Labute approximate surface area is 101 Å². The number of nitrogens with zero attached hydrogens (tertiary/aromatic N) is 1. The van der Waals surface area contributed by atoms with E-state index in [0.29, 0.717) is 11.6 Å². The minimum absolute atomic E-state index is 0.172. The molecule has 1 heterocycles. The van der Waals surface area contributed by atoms with Crippen LogP contribution >= 0.6 is 0 Å². The highest BCUT2D eigenvalue weighted by molar-refractivity contribution is 5.87. The van der Waals surface area contributed by atoms with Crippen LogP contribution in [0.4, 0.5) is 5.69 Å². The molecule has 0 aliphatic heterocycles. The summed E-state index contributed by atoms with van der Waals surface area (Å²) in [4.78, 5) is 15.1. The maximum atomic E-state index is 11.2. The maximum absolute atomic E-state index is 11.2. The molecular formula is C13H18N2O2. The predicted molar refractivity (Wildman–Crippen MR) is 66.1 cm³/mol. The molecule has 0 amide bonds. The van der Waals surface area contributed by atoms with Crippen molar-refractivity contribution in [2.75, 3.05) is 5.73 Å². The minimum Gasteiger partial charge on any atom is -0.477 e. The van der Waals surface area contributed by atoms with Crippen molar-refractivity contribution >= 4 is 11.7 Å². The molecule has 1 saturated carbocycles. The normalized spacial score (nSPS) is 17.6. The number of carbonyl (C=O) groups is 1. The summed E-state index contributed by atoms with van der Waals surface area (Å²) in [7, 11) is 0. The Morgan fingerprint density at radius 1 is 1.29 bits per heavy atom.